The van der Waals surface area contributed by atoms with Gasteiger partial charge in [0.15, 0.2) is 0 Å². The van der Waals surface area contributed by atoms with Gasteiger partial charge in [-0.2, -0.15) is 11.8 Å². The third-order valence-electron chi connectivity index (χ3n) is 7.64. The van der Waals surface area contributed by atoms with Gasteiger partial charge in [-0.05, 0) is 79.3 Å². The molecule has 1 heterocycles. The van der Waals surface area contributed by atoms with Gasteiger partial charge in [-0.1, -0.05) is 90.5 Å². The number of rotatable bonds is 13. The minimum Gasteiger partial charge on any atom is -0.487 e. The maximum atomic E-state index is 12.3. The lowest BCUT2D eigenvalue weighted by Crippen LogP contribution is -2.18. The summed E-state index contributed by atoms with van der Waals surface area (Å²) in [5.41, 5.74) is 4.49. The van der Waals surface area contributed by atoms with E-state index < -0.39 is 17.5 Å². The van der Waals surface area contributed by atoms with E-state index in [9.17, 15) is 15.0 Å². The van der Waals surface area contributed by atoms with Gasteiger partial charge in [-0.15, -0.1) is 0 Å². The van der Waals surface area contributed by atoms with Crippen LogP contribution in [0.15, 0.2) is 109 Å². The molecule has 0 aliphatic carbocycles. The van der Waals surface area contributed by atoms with Crippen molar-refractivity contribution in [2.24, 2.45) is 0 Å². The fourth-order valence-corrected chi connectivity index (χ4v) is 6.90. The van der Waals surface area contributed by atoms with Crippen LogP contribution in [0.4, 0.5) is 0 Å². The number of benzene rings is 4. The van der Waals surface area contributed by atoms with Gasteiger partial charge in [-0.25, -0.2) is 4.98 Å². The first kappa shape index (κ1) is 31.6. The minimum atomic E-state index is -0.961. The van der Waals surface area contributed by atoms with Gasteiger partial charge in [-0.3, -0.25) is 4.79 Å². The molecular weight excluding hydrogens is 590 g/mol. The van der Waals surface area contributed by atoms with Crippen LogP contribution >= 0.6 is 23.4 Å². The molecule has 0 fully saturated rings. The number of carbonyl (C=O) groups is 1. The van der Waals surface area contributed by atoms with Crippen LogP contribution in [0.5, 0.6) is 5.75 Å². The maximum Gasteiger partial charge on any atom is 0.311 e. The minimum absolute atomic E-state index is 0.0000840. The van der Waals surface area contributed by atoms with Gasteiger partial charge >= 0.3 is 5.97 Å². The highest BCUT2D eigenvalue weighted by Crippen LogP contribution is 2.39. The summed E-state index contributed by atoms with van der Waals surface area (Å²) < 4.78 is 6.19. The normalized spacial score (nSPS) is 13.0. The highest BCUT2D eigenvalue weighted by atomic mass is 35.5. The van der Waals surface area contributed by atoms with E-state index in [1.165, 1.54) is 0 Å². The van der Waals surface area contributed by atoms with Crippen molar-refractivity contribution >= 4 is 40.2 Å². The third-order valence-corrected chi connectivity index (χ3v) is 9.32. The number of aliphatic hydroxyl groups is 1. The third kappa shape index (κ3) is 8.20. The lowest BCUT2D eigenvalue weighted by Gasteiger charge is -2.24. The molecule has 0 saturated heterocycles. The Hall–Kier alpha value is -3.84. The Morgan fingerprint density at radius 3 is 2.41 bits per heavy atom. The highest BCUT2D eigenvalue weighted by Gasteiger charge is 2.24. The first-order chi connectivity index (χ1) is 21.2. The van der Waals surface area contributed by atoms with E-state index in [-0.39, 0.29) is 5.25 Å². The van der Waals surface area contributed by atoms with E-state index in [2.05, 4.69) is 12.1 Å². The number of aliphatic carboxylic acids is 1. The number of nitrogens with zero attached hydrogens (tertiary/aromatic N) is 1. The van der Waals surface area contributed by atoms with Crippen molar-refractivity contribution in [1.29, 1.82) is 0 Å². The van der Waals surface area contributed by atoms with Crippen molar-refractivity contribution in [3.05, 3.63) is 142 Å². The number of halogens is 1. The second-order valence-electron chi connectivity index (χ2n) is 11.4. The number of thioether (sulfide) groups is 1. The molecule has 5 rings (SSSR count). The van der Waals surface area contributed by atoms with E-state index in [0.29, 0.717) is 17.4 Å². The van der Waals surface area contributed by atoms with Crippen molar-refractivity contribution < 1.29 is 19.7 Å². The van der Waals surface area contributed by atoms with Gasteiger partial charge in [0, 0.05) is 21.4 Å². The standard InChI is InChI=1S/C37H36ClNO4S/c1-37(2,42)33-14-7-6-11-26(33)17-20-35(44-24-32(36(40)41)25-9-4-3-5-10-25)28-12-8-13-31(21-28)43-23-30-19-16-27-15-18-29(38)22-34(27)39-30/h3-16,18-19,21-22,32,35,42H,17,20,23-24H2,1-2H3,(H,40,41). The van der Waals surface area contributed by atoms with E-state index in [1.807, 2.05) is 97.1 Å². The van der Waals surface area contributed by atoms with E-state index >= 15 is 0 Å². The Labute approximate surface area is 267 Å². The summed E-state index contributed by atoms with van der Waals surface area (Å²) in [5, 5.41) is 22.5. The summed E-state index contributed by atoms with van der Waals surface area (Å²) in [7, 11) is 0. The second kappa shape index (κ2) is 14.3. The quantitative estimate of drug-likeness (QED) is 0.136. The van der Waals surface area contributed by atoms with Gasteiger partial charge in [0.1, 0.15) is 12.4 Å². The fourth-order valence-electron chi connectivity index (χ4n) is 5.35. The molecule has 4 aromatic carbocycles. The average Bonchev–Trinajstić information content (AvgIpc) is 3.01. The summed E-state index contributed by atoms with van der Waals surface area (Å²) in [6, 6.07) is 35.0. The molecule has 0 aliphatic heterocycles. The Morgan fingerprint density at radius 2 is 1.64 bits per heavy atom. The summed E-state index contributed by atoms with van der Waals surface area (Å²) in [6.45, 7) is 3.90. The smallest absolute Gasteiger partial charge is 0.311 e. The van der Waals surface area contributed by atoms with Crippen LogP contribution in [-0.4, -0.2) is 26.9 Å². The number of carboxylic acids is 1. The Kier molecular flexibility index (Phi) is 10.3. The molecule has 5 aromatic rings. The first-order valence-electron chi connectivity index (χ1n) is 14.7. The van der Waals surface area contributed by atoms with Crippen LogP contribution in [0.2, 0.25) is 5.02 Å². The number of fused-ring (bicyclic) bond motifs is 1. The molecule has 0 radical (unpaired) electrons. The number of aromatic nitrogens is 1. The largest absolute Gasteiger partial charge is 0.487 e. The Morgan fingerprint density at radius 1 is 0.909 bits per heavy atom. The van der Waals surface area contributed by atoms with Gasteiger partial charge < -0.3 is 14.9 Å². The van der Waals surface area contributed by atoms with Crippen molar-refractivity contribution in [1.82, 2.24) is 4.98 Å². The zero-order valence-electron chi connectivity index (χ0n) is 24.8. The topological polar surface area (TPSA) is 79.7 Å². The molecule has 0 bridgehead atoms. The molecule has 5 nitrogen and oxygen atoms in total. The highest BCUT2D eigenvalue weighted by molar-refractivity contribution is 7.99. The van der Waals surface area contributed by atoms with Gasteiger partial charge in [0.25, 0.3) is 0 Å². The number of aryl methyl sites for hydroxylation is 1. The van der Waals surface area contributed by atoms with Gasteiger partial charge in [0.2, 0.25) is 0 Å². The second-order valence-corrected chi connectivity index (χ2v) is 13.1. The number of ether oxygens (including phenoxy) is 1. The molecule has 226 valence electrons. The molecule has 0 saturated carbocycles. The summed E-state index contributed by atoms with van der Waals surface area (Å²) in [4.78, 5) is 17.0. The zero-order valence-corrected chi connectivity index (χ0v) is 26.4. The molecule has 2 N–H and O–H groups in total. The molecule has 7 heteroatoms. The van der Waals surface area contributed by atoms with E-state index in [4.69, 9.17) is 21.3 Å². The van der Waals surface area contributed by atoms with Crippen LogP contribution in [0.3, 0.4) is 0 Å². The lowest BCUT2D eigenvalue weighted by molar-refractivity contribution is -0.138. The molecular formula is C37H36ClNO4S. The van der Waals surface area contributed by atoms with Gasteiger partial charge in [0.05, 0.1) is 22.7 Å². The summed E-state index contributed by atoms with van der Waals surface area (Å²) in [5.74, 6) is -0.322. The van der Waals surface area contributed by atoms with Crippen molar-refractivity contribution in [2.45, 2.75) is 50.1 Å². The maximum absolute atomic E-state index is 12.3. The monoisotopic (exact) mass is 625 g/mol. The fraction of sp³-hybridized carbons (Fsp3) is 0.243. The summed E-state index contributed by atoms with van der Waals surface area (Å²) in [6.07, 6.45) is 1.49. The molecule has 0 spiro atoms. The zero-order chi connectivity index (χ0) is 31.1. The van der Waals surface area contributed by atoms with Crippen LogP contribution in [0.1, 0.15) is 59.4 Å². The Bertz CT molecular complexity index is 1720. The van der Waals surface area contributed by atoms with Crippen LogP contribution in [-0.2, 0) is 23.4 Å². The summed E-state index contributed by atoms with van der Waals surface area (Å²) >= 11 is 7.81. The number of hydrogen-bond donors (Lipinski definition) is 2. The molecule has 2 unspecified atom stereocenters. The van der Waals surface area contributed by atoms with E-state index in [1.54, 1.807) is 25.6 Å². The molecule has 0 aliphatic rings. The van der Waals surface area contributed by atoms with E-state index in [0.717, 1.165) is 57.4 Å². The van der Waals surface area contributed by atoms with Crippen LogP contribution < -0.4 is 4.74 Å². The number of hydrogen-bond acceptors (Lipinski definition) is 5. The Balaban J connectivity index is 1.37. The predicted octanol–water partition coefficient (Wildman–Crippen LogP) is 8.97. The molecule has 1 aromatic heterocycles. The van der Waals surface area contributed by atoms with Crippen LogP contribution in [0, 0.1) is 0 Å². The SMILES string of the molecule is CC(C)(O)c1ccccc1CCC(SCC(C(=O)O)c1ccccc1)c1cccc(OCc2ccc3ccc(Cl)cc3n2)c1. The lowest BCUT2D eigenvalue weighted by atomic mass is 9.90. The number of pyridine rings is 1. The molecule has 44 heavy (non-hydrogen) atoms. The number of carboxylic acid groups (broad SMARTS) is 1. The first-order valence-corrected chi connectivity index (χ1v) is 16.1. The van der Waals surface area contributed by atoms with Crippen molar-refractivity contribution in [3.63, 3.8) is 0 Å². The van der Waals surface area contributed by atoms with Crippen LogP contribution in [0.25, 0.3) is 10.9 Å². The average molecular weight is 626 g/mol. The van der Waals surface area contributed by atoms with Crippen molar-refractivity contribution in [3.8, 4) is 5.75 Å². The predicted molar refractivity (Wildman–Crippen MR) is 180 cm³/mol. The molecule has 0 amide bonds. The molecule has 2 atom stereocenters. The van der Waals surface area contributed by atoms with Crippen molar-refractivity contribution in [2.75, 3.05) is 5.75 Å².